The highest BCUT2D eigenvalue weighted by Crippen LogP contribution is 2.32. The molecule has 0 fully saturated rings. The Labute approximate surface area is 251 Å². The van der Waals surface area contributed by atoms with E-state index in [9.17, 15) is 27.2 Å². The molecule has 11 nitrogen and oxygen atoms in total. The number of halogens is 4. The lowest BCUT2D eigenvalue weighted by atomic mass is 10.0. The Hall–Kier alpha value is -5.21. The Morgan fingerprint density at radius 2 is 1.98 bits per heavy atom. The van der Waals surface area contributed by atoms with Gasteiger partial charge >= 0.3 is 18.2 Å². The first-order chi connectivity index (χ1) is 21.0. The second-order valence-corrected chi connectivity index (χ2v) is 8.35. The van der Waals surface area contributed by atoms with Crippen LogP contribution < -0.4 is 16.4 Å². The van der Waals surface area contributed by atoms with Crippen molar-refractivity contribution in [3.63, 3.8) is 0 Å². The Kier molecular flexibility index (Phi) is 13.1. The van der Waals surface area contributed by atoms with Crippen LogP contribution in [0.25, 0.3) is 11.1 Å². The van der Waals surface area contributed by atoms with Crippen LogP contribution in [0.15, 0.2) is 84.4 Å². The number of esters is 1. The molecule has 2 aromatic heterocycles. The number of aromatic nitrogens is 3. The molecule has 1 unspecified atom stereocenters. The molecule has 3 rings (SSSR count). The van der Waals surface area contributed by atoms with E-state index in [2.05, 4.69) is 27.0 Å². The summed E-state index contributed by atoms with van der Waals surface area (Å²) in [6.07, 6.45) is 7.56. The van der Waals surface area contributed by atoms with Gasteiger partial charge in [0.2, 0.25) is 5.90 Å². The Balaban J connectivity index is 0.00000330. The quantitative estimate of drug-likeness (QED) is 0.186. The largest absolute Gasteiger partial charge is 0.474 e. The highest BCUT2D eigenvalue weighted by Gasteiger charge is 2.31. The lowest BCUT2D eigenvalue weighted by Crippen LogP contribution is -2.28. The van der Waals surface area contributed by atoms with Gasteiger partial charge < -0.3 is 25.8 Å². The summed E-state index contributed by atoms with van der Waals surface area (Å²) in [6, 6.07) is -1.70. The highest BCUT2D eigenvalue weighted by atomic mass is 19.4. The number of ether oxygens (including phenoxy) is 2. The van der Waals surface area contributed by atoms with Crippen LogP contribution >= 0.6 is 0 Å². The number of amides is 2. The van der Waals surface area contributed by atoms with Gasteiger partial charge in [0, 0.05) is 29.7 Å². The van der Waals surface area contributed by atoms with E-state index in [0.717, 1.165) is 0 Å². The fraction of sp³-hybridized carbons (Fsp3) is 0.276. The molecule has 2 aromatic rings. The minimum atomic E-state index is -4.69. The Bertz CT molecular complexity index is 1540. The molecule has 0 radical (unpaired) electrons. The van der Waals surface area contributed by atoms with Gasteiger partial charge in [-0.05, 0) is 37.6 Å². The van der Waals surface area contributed by atoms with Crippen LogP contribution in [0.5, 0.6) is 0 Å². The molecule has 0 saturated heterocycles. The van der Waals surface area contributed by atoms with Crippen molar-refractivity contribution in [1.82, 2.24) is 25.2 Å². The number of carbonyl (C=O) groups excluding carboxylic acids is 2. The van der Waals surface area contributed by atoms with Crippen molar-refractivity contribution in [1.29, 1.82) is 0 Å². The number of urea groups is 1. The molecule has 3 heterocycles. The Morgan fingerprint density at radius 3 is 2.64 bits per heavy atom. The summed E-state index contributed by atoms with van der Waals surface area (Å²) in [5, 5.41) is 8.57. The number of hydrogen-bond donors (Lipinski definition) is 3. The zero-order valence-electron chi connectivity index (χ0n) is 24.5. The minimum Gasteiger partial charge on any atom is -0.474 e. The van der Waals surface area contributed by atoms with Crippen molar-refractivity contribution in [3.8, 4) is 0 Å². The number of anilines is 1. The second-order valence-electron chi connectivity index (χ2n) is 8.35. The smallest absolute Gasteiger partial charge is 0.415 e. The summed E-state index contributed by atoms with van der Waals surface area (Å²) in [5.74, 6) is -1.33. The van der Waals surface area contributed by atoms with E-state index in [0.29, 0.717) is 40.6 Å². The number of hydrogen-bond acceptors (Lipinski definition) is 8. The molecule has 4 N–H and O–H groups in total. The van der Waals surface area contributed by atoms with Gasteiger partial charge in [0.25, 0.3) is 0 Å². The maximum absolute atomic E-state index is 13.7. The van der Waals surface area contributed by atoms with E-state index >= 15 is 0 Å². The molecular formula is C29H33F4N7O4. The van der Waals surface area contributed by atoms with Crippen molar-refractivity contribution < 1.29 is 36.6 Å². The van der Waals surface area contributed by atoms with Crippen LogP contribution in [0.3, 0.4) is 0 Å². The summed E-state index contributed by atoms with van der Waals surface area (Å²) < 4.78 is 63.2. The monoisotopic (exact) mass is 619 g/mol. The van der Waals surface area contributed by atoms with Crippen molar-refractivity contribution >= 4 is 34.8 Å². The number of nitrogen functional groups attached to an aromatic ring is 1. The molecule has 0 aromatic carbocycles. The van der Waals surface area contributed by atoms with E-state index < -0.39 is 35.6 Å². The number of rotatable bonds is 10. The van der Waals surface area contributed by atoms with Crippen LogP contribution in [0.1, 0.15) is 38.8 Å². The zero-order valence-corrected chi connectivity index (χ0v) is 24.5. The number of allylic oxidation sites excluding steroid dienone is 9. The van der Waals surface area contributed by atoms with E-state index in [1.54, 1.807) is 38.3 Å². The maximum Gasteiger partial charge on any atom is 0.415 e. The molecule has 236 valence electrons. The molecule has 0 aliphatic carbocycles. The lowest BCUT2D eigenvalue weighted by Gasteiger charge is -2.07. The molecule has 1 atom stereocenters. The van der Waals surface area contributed by atoms with Gasteiger partial charge in [-0.25, -0.2) is 28.5 Å². The van der Waals surface area contributed by atoms with Gasteiger partial charge in [-0.15, -0.1) is 0 Å². The normalized spacial score (nSPS) is 15.7. The first-order valence-electron chi connectivity index (χ1n) is 13.3. The molecule has 1 aliphatic rings. The van der Waals surface area contributed by atoms with Crippen LogP contribution in [-0.4, -0.2) is 57.9 Å². The SMILES string of the molecule is C=C(/C=C\C(F)=C\NC(=O)N/C=C/C=C(\C=C/C)c1c(C2=NC(C(=O)OCC)CO2)cn2ncnc(N)c12)C(F)(F)F.CC. The summed E-state index contributed by atoms with van der Waals surface area (Å²) in [5.41, 5.74) is 6.92. The fourth-order valence-electron chi connectivity index (χ4n) is 3.55. The van der Waals surface area contributed by atoms with Gasteiger partial charge in [-0.3, -0.25) is 0 Å². The van der Waals surface area contributed by atoms with Crippen molar-refractivity contribution in [3.05, 3.63) is 90.5 Å². The van der Waals surface area contributed by atoms with Crippen LogP contribution in [-0.2, 0) is 14.3 Å². The molecule has 2 amide bonds. The Morgan fingerprint density at radius 1 is 1.25 bits per heavy atom. The third-order valence-electron chi connectivity index (χ3n) is 5.41. The number of carbonyl (C=O) groups is 2. The molecular weight excluding hydrogens is 586 g/mol. The lowest BCUT2D eigenvalue weighted by molar-refractivity contribution is -0.144. The van der Waals surface area contributed by atoms with Crippen molar-refractivity contribution in [2.45, 2.75) is 39.9 Å². The van der Waals surface area contributed by atoms with E-state index in [1.165, 1.54) is 23.1 Å². The van der Waals surface area contributed by atoms with E-state index in [4.69, 9.17) is 15.2 Å². The minimum absolute atomic E-state index is 0.00945. The third-order valence-corrected chi connectivity index (χ3v) is 5.41. The van der Waals surface area contributed by atoms with Crippen molar-refractivity contribution in [2.75, 3.05) is 18.9 Å². The van der Waals surface area contributed by atoms with Crippen molar-refractivity contribution in [2.24, 2.45) is 4.99 Å². The van der Waals surface area contributed by atoms with Crippen LogP contribution in [0.2, 0.25) is 0 Å². The van der Waals surface area contributed by atoms with Crippen LogP contribution in [0, 0.1) is 0 Å². The zero-order chi connectivity index (χ0) is 32.9. The van der Waals surface area contributed by atoms with Gasteiger partial charge in [0.15, 0.2) is 11.9 Å². The summed E-state index contributed by atoms with van der Waals surface area (Å²) >= 11 is 0. The molecule has 0 spiro atoms. The summed E-state index contributed by atoms with van der Waals surface area (Å²) in [4.78, 5) is 32.6. The maximum atomic E-state index is 13.7. The van der Waals surface area contributed by atoms with Gasteiger partial charge in [-0.1, -0.05) is 38.7 Å². The highest BCUT2D eigenvalue weighted by molar-refractivity contribution is 6.07. The number of nitrogens with two attached hydrogens (primary N) is 1. The standard InChI is InChI=1S/C27H27F4N7O4.C2H6/c1-4-7-17(8-6-11-33-26(40)34-12-18(28)10-9-16(3)27(29,30)31)21-19(13-38-22(21)23(32)35-15-36-38)24-37-20(14-42-24)25(39)41-5-2;1-2/h4,6-13,15,20H,3,5,14H2,1-2H3,(H2,32,35,36)(H2,33,34,40);1-2H3/b7-4-,10-9-,11-6+,17-8+,18-12-;. The predicted octanol–water partition coefficient (Wildman–Crippen LogP) is 5.30. The van der Waals surface area contributed by atoms with Gasteiger partial charge in [0.1, 0.15) is 24.3 Å². The van der Waals surface area contributed by atoms with E-state index in [1.807, 2.05) is 19.2 Å². The third kappa shape index (κ3) is 9.40. The average Bonchev–Trinajstić information content (AvgIpc) is 3.63. The molecule has 0 bridgehead atoms. The molecule has 15 heteroatoms. The first-order valence-corrected chi connectivity index (χ1v) is 13.3. The fourth-order valence-corrected chi connectivity index (χ4v) is 3.55. The van der Waals surface area contributed by atoms with E-state index in [-0.39, 0.29) is 24.9 Å². The summed E-state index contributed by atoms with van der Waals surface area (Å²) in [6.45, 7) is 10.4. The first kappa shape index (κ1) is 35.0. The van der Waals surface area contributed by atoms with Crippen LogP contribution in [0.4, 0.5) is 28.2 Å². The van der Waals surface area contributed by atoms with Gasteiger partial charge in [-0.2, -0.15) is 18.3 Å². The average molecular weight is 620 g/mol. The molecule has 1 aliphatic heterocycles. The predicted molar refractivity (Wildman–Crippen MR) is 159 cm³/mol. The summed E-state index contributed by atoms with van der Waals surface area (Å²) in [7, 11) is 0. The topological polar surface area (TPSA) is 145 Å². The number of fused-ring (bicyclic) bond motifs is 1. The second kappa shape index (κ2) is 16.4. The number of alkyl halides is 3. The molecule has 0 saturated carbocycles. The molecule has 44 heavy (non-hydrogen) atoms. The number of nitrogens with zero attached hydrogens (tertiary/aromatic N) is 4. The number of nitrogens with one attached hydrogen (secondary N) is 2. The number of aliphatic imine (C=N–C) groups is 1. The van der Waals surface area contributed by atoms with Gasteiger partial charge in [0.05, 0.1) is 12.2 Å².